The van der Waals surface area contributed by atoms with Gasteiger partial charge in [-0.15, -0.1) is 0 Å². The molecule has 0 unspecified atom stereocenters. The molecule has 0 heterocycles. The zero-order valence-corrected chi connectivity index (χ0v) is 25.0. The van der Waals surface area contributed by atoms with Gasteiger partial charge in [-0.2, -0.15) is 0 Å². The van der Waals surface area contributed by atoms with Crippen LogP contribution in [0.15, 0.2) is 97.1 Å². The molecule has 0 fully saturated rings. The number of hydrogen-bond acceptors (Lipinski definition) is 12. The maximum Gasteiger partial charge on any atom is 3.00 e. The van der Waals surface area contributed by atoms with Gasteiger partial charge in [-0.1, -0.05) is 48.5 Å². The van der Waals surface area contributed by atoms with E-state index in [1.807, 2.05) is 0 Å². The maximum absolute atomic E-state index is 10.2. The number of carboxylic acids is 4. The van der Waals surface area contributed by atoms with Crippen LogP contribution in [-0.2, 0) is 17.4 Å². The van der Waals surface area contributed by atoms with Gasteiger partial charge in [-0.3, -0.25) is 0 Å². The van der Waals surface area contributed by atoms with Gasteiger partial charge in [0.2, 0.25) is 0 Å². The number of carbonyl (C=O) groups is 4. The summed E-state index contributed by atoms with van der Waals surface area (Å²) in [6.07, 6.45) is 0. The second-order valence-corrected chi connectivity index (χ2v) is 7.22. The molecular weight excluding hydrogens is 603 g/mol. The molecule has 4 aromatic rings. The third-order valence-corrected chi connectivity index (χ3v) is 4.50. The van der Waals surface area contributed by atoms with Crippen LogP contribution in [-0.4, -0.2) is 44.3 Å². The summed E-state index contributed by atoms with van der Waals surface area (Å²) in [6.45, 7) is 0. The maximum atomic E-state index is 10.2. The van der Waals surface area contributed by atoms with Crippen molar-refractivity contribution in [2.45, 2.75) is 0 Å². The fraction of sp³-hybridized carbons (Fsp3) is 0. The first-order valence-electron chi connectivity index (χ1n) is 10.8. The molecule has 4 aromatic carbocycles. The van der Waals surface area contributed by atoms with Gasteiger partial charge < -0.3 is 60.0 Å². The second kappa shape index (κ2) is 20.4. The van der Waals surface area contributed by atoms with E-state index in [1.165, 1.54) is 72.8 Å². The summed E-state index contributed by atoms with van der Waals surface area (Å²) in [5.41, 5.74) is -0.713. The summed E-state index contributed by atoms with van der Waals surface area (Å²) in [4.78, 5) is 40.6. The number of para-hydroxylation sites is 4. The van der Waals surface area contributed by atoms with E-state index in [0.29, 0.717) is 0 Å². The van der Waals surface area contributed by atoms with E-state index < -0.39 is 23.9 Å². The average molecular weight is 623 g/mol. The number of aromatic carboxylic acids is 4. The Kier molecular flexibility index (Phi) is 19.2. The number of phenols is 4. The van der Waals surface area contributed by atoms with Gasteiger partial charge in [0.1, 0.15) is 23.0 Å². The smallest absolute Gasteiger partial charge is 0.545 e. The third-order valence-electron chi connectivity index (χ3n) is 4.50. The van der Waals surface area contributed by atoms with E-state index in [0.717, 1.165) is 0 Å². The zero-order chi connectivity index (χ0) is 30.2. The van der Waals surface area contributed by atoms with Crippen LogP contribution in [0.4, 0.5) is 0 Å². The van der Waals surface area contributed by atoms with Gasteiger partial charge in [-0.05, 0) is 48.5 Å². The fourth-order valence-corrected chi connectivity index (χ4v) is 2.59. The molecule has 12 nitrogen and oxygen atoms in total. The molecule has 4 N–H and O–H groups in total. The topological polar surface area (TPSA) is 241 Å². The first-order valence-corrected chi connectivity index (χ1v) is 10.8. The standard InChI is InChI=1S/4C7H6O3.Cr.Na/c4*8-6-4-2-1-3-5(6)7(9)10;;/h4*1-4,8H,(H,9,10);;/q;;;;+3;+1/p-4. The van der Waals surface area contributed by atoms with Crippen LogP contribution in [0, 0.1) is 0 Å². The fourth-order valence-electron chi connectivity index (χ4n) is 2.59. The van der Waals surface area contributed by atoms with E-state index in [2.05, 4.69) is 0 Å². The Bertz CT molecular complexity index is 1250. The monoisotopic (exact) mass is 623 g/mol. The van der Waals surface area contributed by atoms with Crippen LogP contribution in [0.3, 0.4) is 0 Å². The van der Waals surface area contributed by atoms with Gasteiger partial charge in [-0.25, -0.2) is 0 Å². The molecule has 0 atom stereocenters. The molecule has 1 radical (unpaired) electrons. The third kappa shape index (κ3) is 13.7. The summed E-state index contributed by atoms with van der Waals surface area (Å²) in [7, 11) is 0. The normalized spacial score (nSPS) is 8.76. The van der Waals surface area contributed by atoms with Gasteiger partial charge in [0, 0.05) is 22.3 Å². The Morgan fingerprint density at radius 1 is 0.381 bits per heavy atom. The molecule has 0 amide bonds. The minimum Gasteiger partial charge on any atom is -0.545 e. The summed E-state index contributed by atoms with van der Waals surface area (Å²) in [5.74, 6) is -6.50. The van der Waals surface area contributed by atoms with E-state index in [1.54, 1.807) is 24.3 Å². The largest absolute Gasteiger partial charge is 3.00 e. The SMILES string of the molecule is O=C([O-])c1ccccc1O.O=C([O-])c1ccccc1O.O=C([O-])c1ccccc1O.O=C([O-])c1ccccc1O.[Cr+3].[Na+]. The van der Waals surface area contributed by atoms with Crippen molar-refractivity contribution in [1.82, 2.24) is 0 Å². The van der Waals surface area contributed by atoms with Gasteiger partial charge in [0.05, 0.1) is 23.9 Å². The van der Waals surface area contributed by atoms with Crippen molar-refractivity contribution < 1.29 is 107 Å². The van der Waals surface area contributed by atoms with Crippen LogP contribution in [0.25, 0.3) is 0 Å². The quantitative estimate of drug-likeness (QED) is 0.159. The van der Waals surface area contributed by atoms with Crippen molar-refractivity contribution in [3.05, 3.63) is 119 Å². The average Bonchev–Trinajstić information content (AvgIpc) is 2.90. The van der Waals surface area contributed by atoms with E-state index >= 15 is 0 Å². The van der Waals surface area contributed by atoms with Crippen molar-refractivity contribution in [2.75, 3.05) is 0 Å². The zero-order valence-electron chi connectivity index (χ0n) is 21.7. The van der Waals surface area contributed by atoms with Crippen LogP contribution in [0.1, 0.15) is 41.4 Å². The molecule has 0 aliphatic carbocycles. The molecule has 0 aliphatic heterocycles. The van der Waals surface area contributed by atoms with Crippen molar-refractivity contribution in [2.24, 2.45) is 0 Å². The number of carbonyl (C=O) groups excluding carboxylic acids is 4. The Hall–Kier alpha value is -4.51. The van der Waals surface area contributed by atoms with Crippen LogP contribution in [0.5, 0.6) is 23.0 Å². The minimum atomic E-state index is -1.36. The molecule has 4 rings (SSSR count). The van der Waals surface area contributed by atoms with Crippen LogP contribution < -0.4 is 50.0 Å². The number of carboxylic acid groups (broad SMARTS) is 4. The summed E-state index contributed by atoms with van der Waals surface area (Å²) in [6, 6.07) is 22.6. The Balaban J connectivity index is 0. The Morgan fingerprint density at radius 3 is 0.619 bits per heavy atom. The van der Waals surface area contributed by atoms with Crippen molar-refractivity contribution >= 4 is 23.9 Å². The minimum absolute atomic E-state index is 0. The molecular formula is C28H20CrNaO12. The number of benzene rings is 4. The molecule has 14 heteroatoms. The van der Waals surface area contributed by atoms with E-state index in [9.17, 15) is 39.6 Å². The molecule has 42 heavy (non-hydrogen) atoms. The second-order valence-electron chi connectivity index (χ2n) is 7.22. The molecule has 0 aliphatic rings. The molecule has 0 saturated heterocycles. The molecule has 211 valence electrons. The van der Waals surface area contributed by atoms with Crippen LogP contribution in [0.2, 0.25) is 0 Å². The molecule has 0 saturated carbocycles. The first kappa shape index (κ1) is 39.6. The first-order chi connectivity index (χ1) is 18.9. The number of hydrogen-bond donors (Lipinski definition) is 4. The Labute approximate surface area is 271 Å². The molecule has 0 spiro atoms. The number of aromatic hydroxyl groups is 4. The molecule has 0 aromatic heterocycles. The van der Waals surface area contributed by atoms with Gasteiger partial charge >= 0.3 is 46.9 Å². The molecule has 0 bridgehead atoms. The number of rotatable bonds is 4. The summed E-state index contributed by atoms with van der Waals surface area (Å²) >= 11 is 0. The Morgan fingerprint density at radius 2 is 0.524 bits per heavy atom. The van der Waals surface area contributed by atoms with Gasteiger partial charge in [0.25, 0.3) is 0 Å². The predicted molar refractivity (Wildman–Crippen MR) is 130 cm³/mol. The summed E-state index contributed by atoms with van der Waals surface area (Å²) in [5, 5.41) is 76.0. The van der Waals surface area contributed by atoms with Gasteiger partial charge in [0.15, 0.2) is 0 Å². The van der Waals surface area contributed by atoms with Crippen LogP contribution >= 0.6 is 0 Å². The van der Waals surface area contributed by atoms with Crippen molar-refractivity contribution in [1.29, 1.82) is 0 Å². The van der Waals surface area contributed by atoms with Crippen molar-refractivity contribution in [3.8, 4) is 23.0 Å². The predicted octanol–water partition coefficient (Wildman–Crippen LogP) is -3.98. The summed E-state index contributed by atoms with van der Waals surface area (Å²) < 4.78 is 0. The van der Waals surface area contributed by atoms with E-state index in [4.69, 9.17) is 20.4 Å². The van der Waals surface area contributed by atoms with Crippen molar-refractivity contribution in [3.63, 3.8) is 0 Å². The van der Waals surface area contributed by atoms with E-state index in [-0.39, 0.29) is 92.2 Å².